The van der Waals surface area contributed by atoms with Crippen LogP contribution in [0.5, 0.6) is 5.75 Å². The second kappa shape index (κ2) is 7.51. The van der Waals surface area contributed by atoms with Crippen molar-refractivity contribution >= 4 is 44.9 Å². The fourth-order valence-corrected chi connectivity index (χ4v) is 4.15. The standard InChI is InChI=1S/C16H15Cl2NO5S/c1-10(16(20)21)19(11-3-5-12(24-2)6-4-11)25(22,23)13-7-8-14(17)15(18)9-13/h3-10H,1-2H3,(H,20,21). The summed E-state index contributed by atoms with van der Waals surface area (Å²) in [5.74, 6) is -0.780. The number of rotatable bonds is 6. The summed E-state index contributed by atoms with van der Waals surface area (Å²) >= 11 is 11.7. The summed E-state index contributed by atoms with van der Waals surface area (Å²) in [5, 5.41) is 9.60. The second-order valence-electron chi connectivity index (χ2n) is 5.09. The molecular formula is C16H15Cl2NO5S. The van der Waals surface area contributed by atoms with Gasteiger partial charge in [-0.2, -0.15) is 0 Å². The van der Waals surface area contributed by atoms with Crippen molar-refractivity contribution in [1.82, 2.24) is 0 Å². The molecule has 25 heavy (non-hydrogen) atoms. The quantitative estimate of drug-likeness (QED) is 0.794. The van der Waals surface area contributed by atoms with Crippen molar-refractivity contribution < 1.29 is 23.1 Å². The first-order chi connectivity index (χ1) is 11.7. The van der Waals surface area contributed by atoms with Gasteiger partial charge in [0.1, 0.15) is 11.8 Å². The molecule has 6 nitrogen and oxygen atoms in total. The largest absolute Gasteiger partial charge is 0.497 e. The number of carboxylic acid groups (broad SMARTS) is 1. The molecule has 0 radical (unpaired) electrons. The Labute approximate surface area is 155 Å². The van der Waals surface area contributed by atoms with Crippen LogP contribution < -0.4 is 9.04 Å². The zero-order chi connectivity index (χ0) is 18.8. The molecule has 0 fully saturated rings. The SMILES string of the molecule is COc1ccc(N(C(C)C(=O)O)S(=O)(=O)c2ccc(Cl)c(Cl)c2)cc1. The smallest absolute Gasteiger partial charge is 0.327 e. The molecule has 0 saturated heterocycles. The monoisotopic (exact) mass is 403 g/mol. The molecule has 134 valence electrons. The van der Waals surface area contributed by atoms with E-state index in [1.54, 1.807) is 12.1 Å². The normalized spacial score (nSPS) is 12.5. The minimum Gasteiger partial charge on any atom is -0.497 e. The molecule has 1 atom stereocenters. The molecule has 0 bridgehead atoms. The van der Waals surface area contributed by atoms with E-state index in [0.29, 0.717) is 5.75 Å². The maximum absolute atomic E-state index is 13.0. The number of hydrogen-bond acceptors (Lipinski definition) is 4. The van der Waals surface area contributed by atoms with E-state index in [0.717, 1.165) is 4.31 Å². The number of methoxy groups -OCH3 is 1. The molecule has 0 spiro atoms. The number of hydrogen-bond donors (Lipinski definition) is 1. The minimum atomic E-state index is -4.19. The van der Waals surface area contributed by atoms with Gasteiger partial charge in [-0.05, 0) is 49.4 Å². The summed E-state index contributed by atoms with van der Waals surface area (Å²) in [6, 6.07) is 8.48. The Morgan fingerprint density at radius 2 is 1.72 bits per heavy atom. The Morgan fingerprint density at radius 1 is 1.12 bits per heavy atom. The molecule has 2 aromatic carbocycles. The molecule has 0 aliphatic carbocycles. The molecule has 0 heterocycles. The van der Waals surface area contributed by atoms with Crippen LogP contribution >= 0.6 is 23.2 Å². The number of benzene rings is 2. The number of ether oxygens (including phenoxy) is 1. The summed E-state index contributed by atoms with van der Waals surface area (Å²) in [5.41, 5.74) is 0.182. The van der Waals surface area contributed by atoms with Gasteiger partial charge in [0, 0.05) is 0 Å². The molecule has 2 aromatic rings. The van der Waals surface area contributed by atoms with E-state index in [1.807, 2.05) is 0 Å². The van der Waals surface area contributed by atoms with Crippen molar-refractivity contribution in [2.75, 3.05) is 11.4 Å². The lowest BCUT2D eigenvalue weighted by Crippen LogP contribution is -2.43. The highest BCUT2D eigenvalue weighted by Crippen LogP contribution is 2.31. The number of anilines is 1. The van der Waals surface area contributed by atoms with E-state index in [4.69, 9.17) is 27.9 Å². The van der Waals surface area contributed by atoms with Gasteiger partial charge in [-0.1, -0.05) is 23.2 Å². The summed E-state index contributed by atoms with van der Waals surface area (Å²) in [4.78, 5) is 11.3. The third-order valence-corrected chi connectivity index (χ3v) is 6.12. The highest BCUT2D eigenvalue weighted by Gasteiger charge is 2.33. The van der Waals surface area contributed by atoms with Gasteiger partial charge in [0.15, 0.2) is 0 Å². The fraction of sp³-hybridized carbons (Fsp3) is 0.188. The highest BCUT2D eigenvalue weighted by molar-refractivity contribution is 7.93. The lowest BCUT2D eigenvalue weighted by Gasteiger charge is -2.28. The van der Waals surface area contributed by atoms with Crippen LogP contribution in [0.15, 0.2) is 47.4 Å². The zero-order valence-corrected chi connectivity index (χ0v) is 15.6. The molecule has 0 aromatic heterocycles. The number of sulfonamides is 1. The van der Waals surface area contributed by atoms with Crippen LogP contribution in [0.4, 0.5) is 5.69 Å². The highest BCUT2D eigenvalue weighted by atomic mass is 35.5. The average Bonchev–Trinajstić information content (AvgIpc) is 2.57. The van der Waals surface area contributed by atoms with E-state index < -0.39 is 22.0 Å². The van der Waals surface area contributed by atoms with Crippen LogP contribution in [0.1, 0.15) is 6.92 Å². The Hall–Kier alpha value is -1.96. The number of halogens is 2. The van der Waals surface area contributed by atoms with E-state index in [9.17, 15) is 18.3 Å². The van der Waals surface area contributed by atoms with Crippen molar-refractivity contribution in [3.8, 4) is 5.75 Å². The first-order valence-corrected chi connectivity index (χ1v) is 9.24. The van der Waals surface area contributed by atoms with Crippen molar-refractivity contribution in [3.63, 3.8) is 0 Å². The summed E-state index contributed by atoms with van der Waals surface area (Å²) < 4.78 is 31.9. The van der Waals surface area contributed by atoms with E-state index in [1.165, 1.54) is 44.4 Å². The molecule has 1 unspecified atom stereocenters. The van der Waals surface area contributed by atoms with E-state index >= 15 is 0 Å². The number of carbonyl (C=O) groups is 1. The van der Waals surface area contributed by atoms with Gasteiger partial charge in [0.2, 0.25) is 0 Å². The second-order valence-corrected chi connectivity index (χ2v) is 7.72. The van der Waals surface area contributed by atoms with Crippen molar-refractivity contribution in [2.45, 2.75) is 17.9 Å². The minimum absolute atomic E-state index is 0.0559. The predicted octanol–water partition coefficient (Wildman–Crippen LogP) is 3.67. The van der Waals surface area contributed by atoms with Crippen LogP contribution in [0.3, 0.4) is 0 Å². The lowest BCUT2D eigenvalue weighted by molar-refractivity contribution is -0.137. The van der Waals surface area contributed by atoms with Crippen LogP contribution in [0, 0.1) is 0 Å². The third kappa shape index (κ3) is 4.00. The number of aliphatic carboxylic acids is 1. The maximum Gasteiger partial charge on any atom is 0.327 e. The Kier molecular flexibility index (Phi) is 5.82. The van der Waals surface area contributed by atoms with Gasteiger partial charge >= 0.3 is 5.97 Å². The molecule has 0 aliphatic rings. The van der Waals surface area contributed by atoms with E-state index in [-0.39, 0.29) is 20.6 Å². The molecule has 0 aliphatic heterocycles. The van der Waals surface area contributed by atoms with Crippen molar-refractivity contribution in [1.29, 1.82) is 0 Å². The lowest BCUT2D eigenvalue weighted by atomic mass is 10.2. The average molecular weight is 404 g/mol. The molecular weight excluding hydrogens is 389 g/mol. The number of nitrogens with zero attached hydrogens (tertiary/aromatic N) is 1. The number of carboxylic acids is 1. The van der Waals surface area contributed by atoms with Crippen molar-refractivity contribution in [3.05, 3.63) is 52.5 Å². The molecule has 9 heteroatoms. The molecule has 0 amide bonds. The van der Waals surface area contributed by atoms with Crippen LogP contribution in [-0.4, -0.2) is 32.6 Å². The predicted molar refractivity (Wildman–Crippen MR) is 96.2 cm³/mol. The van der Waals surface area contributed by atoms with Gasteiger partial charge in [0.25, 0.3) is 10.0 Å². The van der Waals surface area contributed by atoms with Gasteiger partial charge in [-0.3, -0.25) is 4.31 Å². The van der Waals surface area contributed by atoms with Gasteiger partial charge < -0.3 is 9.84 Å². The van der Waals surface area contributed by atoms with Gasteiger partial charge in [0.05, 0.1) is 27.7 Å². The van der Waals surface area contributed by atoms with E-state index in [2.05, 4.69) is 0 Å². The van der Waals surface area contributed by atoms with Crippen LogP contribution in [0.25, 0.3) is 0 Å². The molecule has 0 saturated carbocycles. The first kappa shape index (κ1) is 19.4. The first-order valence-electron chi connectivity index (χ1n) is 7.05. The third-order valence-electron chi connectivity index (χ3n) is 3.48. The topological polar surface area (TPSA) is 83.9 Å². The molecule has 2 rings (SSSR count). The molecule has 1 N–H and O–H groups in total. The zero-order valence-electron chi connectivity index (χ0n) is 13.3. The van der Waals surface area contributed by atoms with Gasteiger partial charge in [-0.15, -0.1) is 0 Å². The van der Waals surface area contributed by atoms with Crippen LogP contribution in [-0.2, 0) is 14.8 Å². The summed E-state index contributed by atoms with van der Waals surface area (Å²) in [7, 11) is -2.72. The van der Waals surface area contributed by atoms with Crippen LogP contribution in [0.2, 0.25) is 10.0 Å². The Bertz CT molecular complexity index is 884. The summed E-state index contributed by atoms with van der Waals surface area (Å²) in [6.07, 6.45) is 0. The Balaban J connectivity index is 2.60. The summed E-state index contributed by atoms with van der Waals surface area (Å²) in [6.45, 7) is 1.28. The Morgan fingerprint density at radius 3 is 2.20 bits per heavy atom. The van der Waals surface area contributed by atoms with Gasteiger partial charge in [-0.25, -0.2) is 13.2 Å². The van der Waals surface area contributed by atoms with Crippen molar-refractivity contribution in [2.24, 2.45) is 0 Å². The maximum atomic E-state index is 13.0. The fourth-order valence-electron chi connectivity index (χ4n) is 2.15.